The lowest BCUT2D eigenvalue weighted by atomic mass is 10.2. The highest BCUT2D eigenvalue weighted by atomic mass is 16.3. The van der Waals surface area contributed by atoms with Gasteiger partial charge in [-0.2, -0.15) is 5.10 Å². The van der Waals surface area contributed by atoms with Gasteiger partial charge in [-0.15, -0.1) is 0 Å². The van der Waals surface area contributed by atoms with Crippen LogP contribution in [0.25, 0.3) is 11.1 Å². The predicted molar refractivity (Wildman–Crippen MR) is 74.0 cm³/mol. The van der Waals surface area contributed by atoms with Crippen molar-refractivity contribution in [2.24, 2.45) is 7.05 Å². The van der Waals surface area contributed by atoms with Gasteiger partial charge < -0.3 is 9.73 Å². The molecular weight excluding hydrogens is 240 g/mol. The summed E-state index contributed by atoms with van der Waals surface area (Å²) in [4.78, 5) is 4.34. The molecule has 2 aromatic heterocycles. The van der Waals surface area contributed by atoms with E-state index in [4.69, 9.17) is 4.42 Å². The molecule has 5 heteroatoms. The van der Waals surface area contributed by atoms with Crippen molar-refractivity contribution in [3.63, 3.8) is 0 Å². The smallest absolute Gasteiger partial charge is 0.192 e. The molecule has 0 saturated heterocycles. The van der Waals surface area contributed by atoms with Gasteiger partial charge in [-0.05, 0) is 31.2 Å². The normalized spacial score (nSPS) is 12.8. The molecule has 0 amide bonds. The van der Waals surface area contributed by atoms with E-state index in [1.54, 1.807) is 6.20 Å². The van der Waals surface area contributed by atoms with Gasteiger partial charge in [0.15, 0.2) is 11.5 Å². The van der Waals surface area contributed by atoms with Gasteiger partial charge >= 0.3 is 0 Å². The van der Waals surface area contributed by atoms with Crippen molar-refractivity contribution in [3.8, 4) is 0 Å². The second-order valence-electron chi connectivity index (χ2n) is 4.66. The van der Waals surface area contributed by atoms with E-state index in [1.165, 1.54) is 0 Å². The first-order valence-electron chi connectivity index (χ1n) is 6.25. The van der Waals surface area contributed by atoms with Gasteiger partial charge in [0.25, 0.3) is 0 Å². The molecule has 0 fully saturated rings. The Bertz CT molecular complexity index is 713. The van der Waals surface area contributed by atoms with E-state index in [2.05, 4.69) is 22.3 Å². The number of hydrogen-bond donors (Lipinski definition) is 1. The van der Waals surface area contributed by atoms with Gasteiger partial charge in [0.05, 0.1) is 11.7 Å². The Morgan fingerprint density at radius 1 is 1.32 bits per heavy atom. The van der Waals surface area contributed by atoms with Crippen LogP contribution in [0.1, 0.15) is 24.6 Å². The molecule has 0 aliphatic heterocycles. The molecule has 98 valence electrons. The predicted octanol–water partition coefficient (Wildman–Crippen LogP) is 3.04. The molecule has 19 heavy (non-hydrogen) atoms. The highest BCUT2D eigenvalue weighted by Crippen LogP contribution is 2.23. The fourth-order valence-electron chi connectivity index (χ4n) is 2.27. The van der Waals surface area contributed by atoms with Crippen LogP contribution in [0.4, 0.5) is 5.69 Å². The summed E-state index contributed by atoms with van der Waals surface area (Å²) in [5.74, 6) is 0.687. The summed E-state index contributed by atoms with van der Waals surface area (Å²) in [6, 6.07) is 8.13. The maximum Gasteiger partial charge on any atom is 0.192 e. The fraction of sp³-hybridized carbons (Fsp3) is 0.286. The zero-order valence-electron chi connectivity index (χ0n) is 11.2. The summed E-state index contributed by atoms with van der Waals surface area (Å²) < 4.78 is 7.34. The van der Waals surface area contributed by atoms with Crippen LogP contribution < -0.4 is 5.32 Å². The molecule has 5 nitrogen and oxygen atoms in total. The van der Waals surface area contributed by atoms with Gasteiger partial charge in [0, 0.05) is 25.9 Å². The summed E-state index contributed by atoms with van der Waals surface area (Å²) >= 11 is 0. The Labute approximate surface area is 111 Å². The van der Waals surface area contributed by atoms with Gasteiger partial charge in [-0.1, -0.05) is 0 Å². The number of benzene rings is 1. The van der Waals surface area contributed by atoms with Crippen molar-refractivity contribution in [2.45, 2.75) is 19.9 Å². The number of nitrogens with zero attached hydrogens (tertiary/aromatic N) is 3. The van der Waals surface area contributed by atoms with Crippen LogP contribution >= 0.6 is 0 Å². The molecule has 0 bridgehead atoms. The minimum absolute atomic E-state index is 0.179. The third kappa shape index (κ3) is 2.19. The number of aromatic nitrogens is 3. The Hall–Kier alpha value is -2.30. The number of oxazole rings is 1. The van der Waals surface area contributed by atoms with Crippen molar-refractivity contribution in [1.82, 2.24) is 14.8 Å². The number of anilines is 1. The quantitative estimate of drug-likeness (QED) is 0.782. The van der Waals surface area contributed by atoms with Crippen LogP contribution in [0.5, 0.6) is 0 Å². The van der Waals surface area contributed by atoms with Crippen molar-refractivity contribution in [2.75, 3.05) is 5.32 Å². The SMILES string of the molecule is Cc1nc2cc(NC(C)c3ccnn3C)ccc2o1. The van der Waals surface area contributed by atoms with Crippen LogP contribution in [-0.2, 0) is 7.05 Å². The van der Waals surface area contributed by atoms with Crippen molar-refractivity contribution in [3.05, 3.63) is 42.0 Å². The summed E-state index contributed by atoms with van der Waals surface area (Å²) in [6.07, 6.45) is 1.80. The highest BCUT2D eigenvalue weighted by molar-refractivity contribution is 5.77. The average molecular weight is 256 g/mol. The zero-order chi connectivity index (χ0) is 13.4. The van der Waals surface area contributed by atoms with Crippen LogP contribution in [0.15, 0.2) is 34.9 Å². The number of rotatable bonds is 3. The van der Waals surface area contributed by atoms with E-state index in [0.29, 0.717) is 5.89 Å². The Kier molecular flexibility index (Phi) is 2.74. The topological polar surface area (TPSA) is 55.9 Å². The van der Waals surface area contributed by atoms with Crippen molar-refractivity contribution >= 4 is 16.8 Å². The zero-order valence-corrected chi connectivity index (χ0v) is 11.2. The maximum absolute atomic E-state index is 5.47. The molecule has 1 N–H and O–H groups in total. The fourth-order valence-corrected chi connectivity index (χ4v) is 2.27. The molecule has 1 atom stereocenters. The third-order valence-corrected chi connectivity index (χ3v) is 3.18. The molecule has 1 aromatic carbocycles. The molecule has 0 aliphatic rings. The van der Waals surface area contributed by atoms with Crippen molar-refractivity contribution < 1.29 is 4.42 Å². The molecule has 3 aromatic rings. The van der Waals surface area contributed by atoms with Gasteiger partial charge in [0.2, 0.25) is 0 Å². The van der Waals surface area contributed by atoms with Gasteiger partial charge in [0.1, 0.15) is 5.52 Å². The lowest BCUT2D eigenvalue weighted by Gasteiger charge is -2.15. The van der Waals surface area contributed by atoms with Gasteiger partial charge in [-0.3, -0.25) is 4.68 Å². The minimum Gasteiger partial charge on any atom is -0.441 e. The van der Waals surface area contributed by atoms with E-state index in [1.807, 2.05) is 42.9 Å². The first-order valence-corrected chi connectivity index (χ1v) is 6.25. The van der Waals surface area contributed by atoms with Crippen LogP contribution in [0.2, 0.25) is 0 Å². The number of fused-ring (bicyclic) bond motifs is 1. The molecular formula is C14H16N4O. The van der Waals surface area contributed by atoms with Gasteiger partial charge in [-0.25, -0.2) is 4.98 Å². The first-order chi connectivity index (χ1) is 9.13. The largest absolute Gasteiger partial charge is 0.441 e. The molecule has 0 saturated carbocycles. The summed E-state index contributed by atoms with van der Waals surface area (Å²) in [5.41, 5.74) is 3.85. The molecule has 0 spiro atoms. The number of hydrogen-bond acceptors (Lipinski definition) is 4. The summed E-state index contributed by atoms with van der Waals surface area (Å²) in [7, 11) is 1.94. The number of nitrogens with one attached hydrogen (secondary N) is 1. The van der Waals surface area contributed by atoms with E-state index in [-0.39, 0.29) is 6.04 Å². The Balaban J connectivity index is 1.86. The maximum atomic E-state index is 5.47. The molecule has 0 radical (unpaired) electrons. The standard InChI is InChI=1S/C14H16N4O/c1-9(13-6-7-15-18(13)3)16-11-4-5-14-12(8-11)17-10(2)19-14/h4-9,16H,1-3H3. The third-order valence-electron chi connectivity index (χ3n) is 3.18. The van der Waals surface area contributed by atoms with E-state index < -0.39 is 0 Å². The van der Waals surface area contributed by atoms with Crippen LogP contribution in [0, 0.1) is 6.92 Å². The molecule has 3 rings (SSSR count). The second-order valence-corrected chi connectivity index (χ2v) is 4.66. The van der Waals surface area contributed by atoms with Crippen LogP contribution in [-0.4, -0.2) is 14.8 Å². The average Bonchev–Trinajstić information content (AvgIpc) is 2.93. The van der Waals surface area contributed by atoms with E-state index >= 15 is 0 Å². The lowest BCUT2D eigenvalue weighted by molar-refractivity contribution is 0.561. The van der Waals surface area contributed by atoms with Crippen LogP contribution in [0.3, 0.4) is 0 Å². The van der Waals surface area contributed by atoms with E-state index in [0.717, 1.165) is 22.5 Å². The summed E-state index contributed by atoms with van der Waals surface area (Å²) in [6.45, 7) is 3.96. The van der Waals surface area contributed by atoms with E-state index in [9.17, 15) is 0 Å². The first kappa shape index (κ1) is 11.8. The summed E-state index contributed by atoms with van der Waals surface area (Å²) in [5, 5.41) is 7.63. The molecule has 2 heterocycles. The molecule has 1 unspecified atom stereocenters. The Morgan fingerprint density at radius 2 is 2.16 bits per heavy atom. The Morgan fingerprint density at radius 3 is 2.89 bits per heavy atom. The highest BCUT2D eigenvalue weighted by Gasteiger charge is 2.10. The molecule has 0 aliphatic carbocycles. The lowest BCUT2D eigenvalue weighted by Crippen LogP contribution is -2.11. The monoisotopic (exact) mass is 256 g/mol. The minimum atomic E-state index is 0.179. The number of aryl methyl sites for hydroxylation is 2. The van der Waals surface area contributed by atoms with Crippen molar-refractivity contribution in [1.29, 1.82) is 0 Å². The second kappa shape index (κ2) is 4.42.